The number of nitrogens with one attached hydrogen (secondary N) is 1. The van der Waals surface area contributed by atoms with Crippen LogP contribution in [-0.4, -0.2) is 65.2 Å². The van der Waals surface area contributed by atoms with Gasteiger partial charge in [0.2, 0.25) is 0 Å². The van der Waals surface area contributed by atoms with Crippen molar-refractivity contribution in [3.63, 3.8) is 0 Å². The van der Waals surface area contributed by atoms with Crippen molar-refractivity contribution in [2.24, 2.45) is 0 Å². The number of aromatic nitrogens is 3. The summed E-state index contributed by atoms with van der Waals surface area (Å²) in [6, 6.07) is 4.93. The number of ether oxygens (including phenoxy) is 1. The molecule has 1 N–H and O–H groups in total. The minimum atomic E-state index is -0.506. The van der Waals surface area contributed by atoms with E-state index in [4.69, 9.17) is 4.74 Å². The number of piperazine rings is 1. The van der Waals surface area contributed by atoms with Gasteiger partial charge >= 0.3 is 0 Å². The van der Waals surface area contributed by atoms with Crippen molar-refractivity contribution in [3.05, 3.63) is 65.5 Å². The number of hydrogen-bond donors (Lipinski definition) is 1. The molecule has 0 radical (unpaired) electrons. The van der Waals surface area contributed by atoms with Gasteiger partial charge in [-0.1, -0.05) is 0 Å². The fourth-order valence-corrected chi connectivity index (χ4v) is 4.64. The van der Waals surface area contributed by atoms with Gasteiger partial charge in [0.15, 0.2) is 11.6 Å². The first kappa shape index (κ1) is 23.6. The third-order valence-corrected chi connectivity index (χ3v) is 6.47. The topological polar surface area (TPSA) is 66.4 Å². The fraction of sp³-hybridized carbons (Fsp3) is 0.423. The summed E-state index contributed by atoms with van der Waals surface area (Å²) >= 11 is 0. The van der Waals surface area contributed by atoms with E-state index in [0.717, 1.165) is 38.3 Å². The second kappa shape index (κ2) is 10.2. The zero-order valence-electron chi connectivity index (χ0n) is 20.1. The van der Waals surface area contributed by atoms with E-state index in [2.05, 4.69) is 30.1 Å². The molecule has 0 atom stereocenters. The highest BCUT2D eigenvalue weighted by molar-refractivity contribution is 5.74. The van der Waals surface area contributed by atoms with Crippen LogP contribution in [0.25, 0.3) is 11.1 Å². The molecule has 5 rings (SSSR count). The molecule has 1 saturated heterocycles. The highest BCUT2D eigenvalue weighted by Gasteiger charge is 2.25. The minimum Gasteiger partial charge on any atom is -0.486 e. The lowest BCUT2D eigenvalue weighted by Crippen LogP contribution is -2.42. The Morgan fingerprint density at radius 1 is 0.971 bits per heavy atom. The van der Waals surface area contributed by atoms with Crippen molar-refractivity contribution in [3.8, 4) is 16.9 Å². The molecule has 0 bridgehead atoms. The van der Waals surface area contributed by atoms with Gasteiger partial charge in [-0.25, -0.2) is 18.7 Å². The maximum absolute atomic E-state index is 14.9. The number of halogens is 2. The van der Waals surface area contributed by atoms with Crippen LogP contribution in [0.3, 0.4) is 0 Å². The second-order valence-corrected chi connectivity index (χ2v) is 9.31. The summed E-state index contributed by atoms with van der Waals surface area (Å²) in [4.78, 5) is 17.7. The number of pyridine rings is 1. The van der Waals surface area contributed by atoms with Crippen molar-refractivity contribution in [2.45, 2.75) is 32.9 Å². The average molecular weight is 481 g/mol. The molecular weight excluding hydrogens is 450 g/mol. The third-order valence-electron chi connectivity index (χ3n) is 6.47. The largest absolute Gasteiger partial charge is 0.486 e. The molecule has 0 aliphatic carbocycles. The number of anilines is 1. The number of fused-ring (bicyclic) bond motifs is 1. The predicted molar refractivity (Wildman–Crippen MR) is 131 cm³/mol. The number of hydrogen-bond acceptors (Lipinski definition) is 7. The lowest BCUT2D eigenvalue weighted by molar-refractivity contribution is 0.232. The Hall–Kier alpha value is -3.17. The van der Waals surface area contributed by atoms with Crippen LogP contribution in [0, 0.1) is 11.6 Å². The van der Waals surface area contributed by atoms with Gasteiger partial charge < -0.3 is 15.0 Å². The van der Waals surface area contributed by atoms with E-state index >= 15 is 0 Å². The third kappa shape index (κ3) is 5.26. The standard InChI is InChI=1S/C26H30F2N6O/c1-17(2)34-7-8-35-26-22(27)9-19(10-24(26)34)21-11-20(30-15-23(21)28)12-25-31-13-18(14-32-25)16-33-5-3-29-4-6-33/h9-11,13-15,17,29H,3-8,12,16H2,1-2H3. The molecule has 4 heterocycles. The van der Waals surface area contributed by atoms with Gasteiger partial charge in [-0.3, -0.25) is 9.88 Å². The van der Waals surface area contributed by atoms with Gasteiger partial charge in [0.1, 0.15) is 18.2 Å². The monoisotopic (exact) mass is 480 g/mol. The molecule has 2 aliphatic rings. The molecule has 2 aliphatic heterocycles. The van der Waals surface area contributed by atoms with Crippen LogP contribution in [0.4, 0.5) is 14.5 Å². The van der Waals surface area contributed by atoms with Gasteiger partial charge in [-0.05, 0) is 37.6 Å². The molecule has 9 heteroatoms. The Balaban J connectivity index is 1.37. The molecule has 3 aromatic rings. The molecule has 0 unspecified atom stereocenters. The quantitative estimate of drug-likeness (QED) is 0.580. The zero-order chi connectivity index (χ0) is 24.4. The molecular formula is C26H30F2N6O. The first-order valence-corrected chi connectivity index (χ1v) is 12.1. The van der Waals surface area contributed by atoms with Gasteiger partial charge in [-0.15, -0.1) is 0 Å². The SMILES string of the molecule is CC(C)N1CCOc2c(F)cc(-c3cc(Cc4ncc(CN5CCNCC5)cn4)ncc3F)cc21. The van der Waals surface area contributed by atoms with Crippen LogP contribution in [-0.2, 0) is 13.0 Å². The smallest absolute Gasteiger partial charge is 0.178 e. The lowest BCUT2D eigenvalue weighted by atomic mass is 10.0. The predicted octanol–water partition coefficient (Wildman–Crippen LogP) is 3.42. The Labute approximate surface area is 204 Å². The van der Waals surface area contributed by atoms with E-state index in [1.807, 2.05) is 26.2 Å². The first-order chi connectivity index (χ1) is 17.0. The van der Waals surface area contributed by atoms with E-state index in [1.165, 1.54) is 12.3 Å². The Kier molecular flexibility index (Phi) is 6.88. The van der Waals surface area contributed by atoms with Crippen LogP contribution in [0.1, 0.15) is 30.9 Å². The summed E-state index contributed by atoms with van der Waals surface area (Å²) in [7, 11) is 0. The Bertz CT molecular complexity index is 1180. The molecule has 0 saturated carbocycles. The van der Waals surface area contributed by atoms with E-state index < -0.39 is 11.6 Å². The molecule has 7 nitrogen and oxygen atoms in total. The van der Waals surface area contributed by atoms with Crippen LogP contribution < -0.4 is 15.0 Å². The molecule has 1 aromatic carbocycles. The van der Waals surface area contributed by atoms with Gasteiger partial charge in [-0.2, -0.15) is 0 Å². The van der Waals surface area contributed by atoms with E-state index in [0.29, 0.717) is 47.9 Å². The summed E-state index contributed by atoms with van der Waals surface area (Å²) in [5.74, 6) is -0.176. The maximum atomic E-state index is 14.9. The summed E-state index contributed by atoms with van der Waals surface area (Å²) in [6.07, 6.45) is 5.22. The molecule has 35 heavy (non-hydrogen) atoms. The van der Waals surface area contributed by atoms with Gasteiger partial charge in [0.25, 0.3) is 0 Å². The average Bonchev–Trinajstić information content (AvgIpc) is 2.86. The fourth-order valence-electron chi connectivity index (χ4n) is 4.64. The van der Waals surface area contributed by atoms with Crippen LogP contribution >= 0.6 is 0 Å². The summed E-state index contributed by atoms with van der Waals surface area (Å²) in [5, 5.41) is 3.35. The van der Waals surface area contributed by atoms with Crippen LogP contribution in [0.15, 0.2) is 36.8 Å². The van der Waals surface area contributed by atoms with Crippen molar-refractivity contribution < 1.29 is 13.5 Å². The lowest BCUT2D eigenvalue weighted by Gasteiger charge is -2.35. The Morgan fingerprint density at radius 2 is 1.74 bits per heavy atom. The van der Waals surface area contributed by atoms with Crippen molar-refractivity contribution in [1.29, 1.82) is 0 Å². The second-order valence-electron chi connectivity index (χ2n) is 9.31. The Morgan fingerprint density at radius 3 is 2.49 bits per heavy atom. The normalized spacial score (nSPS) is 16.3. The van der Waals surface area contributed by atoms with Crippen LogP contribution in [0.2, 0.25) is 0 Å². The summed E-state index contributed by atoms with van der Waals surface area (Å²) in [5.41, 5.74) is 3.06. The van der Waals surface area contributed by atoms with Crippen LogP contribution in [0.5, 0.6) is 5.75 Å². The van der Waals surface area contributed by atoms with Crippen molar-refractivity contribution >= 4 is 5.69 Å². The highest BCUT2D eigenvalue weighted by atomic mass is 19.1. The number of rotatable bonds is 6. The summed E-state index contributed by atoms with van der Waals surface area (Å²) in [6.45, 7) is 9.98. The van der Waals surface area contributed by atoms with Gasteiger partial charge in [0, 0.05) is 68.0 Å². The first-order valence-electron chi connectivity index (χ1n) is 12.1. The van der Waals surface area contributed by atoms with E-state index in [1.54, 1.807) is 12.1 Å². The molecule has 2 aromatic heterocycles. The van der Waals surface area contributed by atoms with Crippen molar-refractivity contribution in [2.75, 3.05) is 44.2 Å². The maximum Gasteiger partial charge on any atom is 0.178 e. The minimum absolute atomic E-state index is 0.164. The number of benzene rings is 1. The van der Waals surface area contributed by atoms with E-state index in [-0.39, 0.29) is 11.8 Å². The van der Waals surface area contributed by atoms with E-state index in [9.17, 15) is 8.78 Å². The van der Waals surface area contributed by atoms with Crippen molar-refractivity contribution in [1.82, 2.24) is 25.2 Å². The molecule has 0 spiro atoms. The summed E-state index contributed by atoms with van der Waals surface area (Å²) < 4.78 is 35.3. The molecule has 1 fully saturated rings. The molecule has 0 amide bonds. The molecule has 184 valence electrons. The number of nitrogens with zero attached hydrogens (tertiary/aromatic N) is 5. The van der Waals surface area contributed by atoms with Gasteiger partial charge in [0.05, 0.1) is 24.8 Å². The zero-order valence-corrected chi connectivity index (χ0v) is 20.1. The highest BCUT2D eigenvalue weighted by Crippen LogP contribution is 2.39.